The largest absolute Gasteiger partial charge is 0.352 e. The number of hydrogen-bond acceptors (Lipinski definition) is 2. The van der Waals surface area contributed by atoms with Crippen LogP contribution in [0.25, 0.3) is 0 Å². The van der Waals surface area contributed by atoms with Crippen LogP contribution < -0.4 is 5.32 Å². The molecule has 1 N–H and O–H groups in total. The van der Waals surface area contributed by atoms with Crippen LogP contribution in [0, 0.1) is 12.7 Å². The minimum atomic E-state index is -0.694. The zero-order valence-corrected chi connectivity index (χ0v) is 12.8. The van der Waals surface area contributed by atoms with Gasteiger partial charge in [0.15, 0.2) is 0 Å². The third kappa shape index (κ3) is 3.08. The first kappa shape index (κ1) is 15.2. The van der Waals surface area contributed by atoms with E-state index < -0.39 is 11.9 Å². The van der Waals surface area contributed by atoms with Gasteiger partial charge in [-0.3, -0.25) is 9.59 Å². The van der Waals surface area contributed by atoms with Crippen LogP contribution in [0.15, 0.2) is 48.5 Å². The van der Waals surface area contributed by atoms with Gasteiger partial charge in [0.25, 0.3) is 5.91 Å². The summed E-state index contributed by atoms with van der Waals surface area (Å²) in [6.07, 6.45) is 0. The van der Waals surface area contributed by atoms with Crippen molar-refractivity contribution in [1.82, 2.24) is 10.2 Å². The molecule has 1 aliphatic rings. The Labute approximate surface area is 133 Å². The van der Waals surface area contributed by atoms with Crippen LogP contribution in [0.1, 0.15) is 27.5 Å². The lowest BCUT2D eigenvalue weighted by Crippen LogP contribution is -2.52. The number of nitrogens with one attached hydrogen (secondary N) is 1. The number of carbonyl (C=O) groups excluding carboxylic acids is 2. The van der Waals surface area contributed by atoms with E-state index in [2.05, 4.69) is 5.32 Å². The number of benzene rings is 2. The van der Waals surface area contributed by atoms with Crippen molar-refractivity contribution in [2.24, 2.45) is 0 Å². The lowest BCUT2D eigenvalue weighted by molar-refractivity contribution is -0.128. The number of hydrogen-bond donors (Lipinski definition) is 1. The molecular weight excluding hydrogens is 295 g/mol. The van der Waals surface area contributed by atoms with Gasteiger partial charge in [0, 0.05) is 18.7 Å². The third-order valence-corrected chi connectivity index (χ3v) is 3.94. The maximum absolute atomic E-state index is 13.4. The Morgan fingerprint density at radius 2 is 1.96 bits per heavy atom. The molecule has 1 atom stereocenters. The molecular formula is C18H17FN2O2. The molecule has 23 heavy (non-hydrogen) atoms. The predicted octanol–water partition coefficient (Wildman–Crippen LogP) is 2.45. The van der Waals surface area contributed by atoms with Crippen molar-refractivity contribution in [2.75, 3.05) is 13.1 Å². The molecule has 118 valence electrons. The molecule has 2 aromatic carbocycles. The van der Waals surface area contributed by atoms with E-state index in [4.69, 9.17) is 0 Å². The summed E-state index contributed by atoms with van der Waals surface area (Å²) in [6.45, 7) is 2.74. The molecule has 0 aliphatic carbocycles. The van der Waals surface area contributed by atoms with Crippen LogP contribution in [-0.2, 0) is 4.79 Å². The van der Waals surface area contributed by atoms with Gasteiger partial charge in [-0.25, -0.2) is 4.39 Å². The summed E-state index contributed by atoms with van der Waals surface area (Å²) in [5.41, 5.74) is 2.07. The second-order valence-electron chi connectivity index (χ2n) is 5.61. The van der Waals surface area contributed by atoms with Crippen LogP contribution in [-0.4, -0.2) is 29.8 Å². The highest BCUT2D eigenvalue weighted by molar-refractivity contribution is 5.98. The molecule has 0 spiro atoms. The van der Waals surface area contributed by atoms with E-state index >= 15 is 0 Å². The lowest BCUT2D eigenvalue weighted by atomic mass is 10.00. The number of halogens is 1. The standard InChI is InChI=1S/C18H17FN2O2/c1-12-5-7-13(8-6-12)16-17(22)20-9-10-21(16)18(23)14-3-2-4-15(19)11-14/h2-8,11,16H,9-10H2,1H3,(H,20,22). The average Bonchev–Trinajstić information content (AvgIpc) is 2.55. The quantitative estimate of drug-likeness (QED) is 0.926. The normalized spacial score (nSPS) is 17.7. The number of carbonyl (C=O) groups is 2. The van der Waals surface area contributed by atoms with Gasteiger partial charge < -0.3 is 10.2 Å². The van der Waals surface area contributed by atoms with Gasteiger partial charge in [0.2, 0.25) is 5.91 Å². The van der Waals surface area contributed by atoms with E-state index in [9.17, 15) is 14.0 Å². The molecule has 5 heteroatoms. The first-order valence-electron chi connectivity index (χ1n) is 7.47. The number of rotatable bonds is 2. The van der Waals surface area contributed by atoms with Gasteiger partial charge in [-0.15, -0.1) is 0 Å². The van der Waals surface area contributed by atoms with Crippen LogP contribution in [0.3, 0.4) is 0 Å². The number of aryl methyl sites for hydroxylation is 1. The highest BCUT2D eigenvalue weighted by Gasteiger charge is 2.34. The highest BCUT2D eigenvalue weighted by Crippen LogP contribution is 2.25. The van der Waals surface area contributed by atoms with Crippen LogP contribution >= 0.6 is 0 Å². The Balaban J connectivity index is 1.96. The third-order valence-electron chi connectivity index (χ3n) is 3.94. The fraction of sp³-hybridized carbons (Fsp3) is 0.222. The second kappa shape index (κ2) is 6.20. The number of nitrogens with zero attached hydrogens (tertiary/aromatic N) is 1. The van der Waals surface area contributed by atoms with Gasteiger partial charge in [-0.1, -0.05) is 35.9 Å². The van der Waals surface area contributed by atoms with Gasteiger partial charge in [-0.2, -0.15) is 0 Å². The molecule has 0 bridgehead atoms. The fourth-order valence-corrected chi connectivity index (χ4v) is 2.75. The lowest BCUT2D eigenvalue weighted by Gasteiger charge is -2.35. The first-order valence-corrected chi connectivity index (χ1v) is 7.47. The number of amides is 2. The van der Waals surface area contributed by atoms with E-state index in [1.165, 1.54) is 23.1 Å². The van der Waals surface area contributed by atoms with E-state index in [0.717, 1.165) is 11.1 Å². The summed E-state index contributed by atoms with van der Waals surface area (Å²) in [4.78, 5) is 26.5. The highest BCUT2D eigenvalue weighted by atomic mass is 19.1. The molecule has 1 aliphatic heterocycles. The molecule has 0 aromatic heterocycles. The molecule has 0 saturated carbocycles. The van der Waals surface area contributed by atoms with Crippen molar-refractivity contribution in [3.63, 3.8) is 0 Å². The summed E-state index contributed by atoms with van der Waals surface area (Å²) in [7, 11) is 0. The minimum absolute atomic E-state index is 0.218. The Morgan fingerprint density at radius 1 is 1.22 bits per heavy atom. The minimum Gasteiger partial charge on any atom is -0.352 e. The van der Waals surface area contributed by atoms with Crippen molar-refractivity contribution < 1.29 is 14.0 Å². The van der Waals surface area contributed by atoms with Gasteiger partial charge >= 0.3 is 0 Å². The Kier molecular flexibility index (Phi) is 4.10. The molecule has 1 fully saturated rings. The second-order valence-corrected chi connectivity index (χ2v) is 5.61. The van der Waals surface area contributed by atoms with E-state index in [1.807, 2.05) is 31.2 Å². The maximum atomic E-state index is 13.4. The van der Waals surface area contributed by atoms with Crippen LogP contribution in [0.2, 0.25) is 0 Å². The summed E-state index contributed by atoms with van der Waals surface area (Å²) in [6, 6.07) is 12.3. The van der Waals surface area contributed by atoms with Crippen molar-refractivity contribution in [2.45, 2.75) is 13.0 Å². The summed E-state index contributed by atoms with van der Waals surface area (Å²) < 4.78 is 13.4. The molecule has 1 saturated heterocycles. The maximum Gasteiger partial charge on any atom is 0.254 e. The monoisotopic (exact) mass is 312 g/mol. The van der Waals surface area contributed by atoms with E-state index in [-0.39, 0.29) is 17.4 Å². The van der Waals surface area contributed by atoms with E-state index in [0.29, 0.717) is 13.1 Å². The number of piperazine rings is 1. The Morgan fingerprint density at radius 3 is 2.65 bits per heavy atom. The first-order chi connectivity index (χ1) is 11.1. The molecule has 1 heterocycles. The SMILES string of the molecule is Cc1ccc(C2C(=O)NCCN2C(=O)c2cccc(F)c2)cc1. The van der Waals surface area contributed by atoms with Crippen molar-refractivity contribution in [3.05, 3.63) is 71.0 Å². The summed E-state index contributed by atoms with van der Waals surface area (Å²) in [5.74, 6) is -1.03. The zero-order valence-electron chi connectivity index (χ0n) is 12.8. The van der Waals surface area contributed by atoms with E-state index in [1.54, 1.807) is 6.07 Å². The molecule has 2 amide bonds. The topological polar surface area (TPSA) is 49.4 Å². The van der Waals surface area contributed by atoms with Crippen LogP contribution in [0.4, 0.5) is 4.39 Å². The van der Waals surface area contributed by atoms with Crippen LogP contribution in [0.5, 0.6) is 0 Å². The average molecular weight is 312 g/mol. The van der Waals surface area contributed by atoms with Gasteiger partial charge in [0.05, 0.1) is 0 Å². The molecule has 4 nitrogen and oxygen atoms in total. The predicted molar refractivity (Wildman–Crippen MR) is 84.4 cm³/mol. The van der Waals surface area contributed by atoms with Gasteiger partial charge in [-0.05, 0) is 30.7 Å². The zero-order chi connectivity index (χ0) is 16.4. The Bertz CT molecular complexity index is 743. The molecule has 3 rings (SSSR count). The summed E-state index contributed by atoms with van der Waals surface area (Å²) in [5, 5.41) is 2.79. The molecule has 1 unspecified atom stereocenters. The summed E-state index contributed by atoms with van der Waals surface area (Å²) >= 11 is 0. The molecule has 0 radical (unpaired) electrons. The van der Waals surface area contributed by atoms with Crippen molar-refractivity contribution in [1.29, 1.82) is 0 Å². The van der Waals surface area contributed by atoms with Crippen molar-refractivity contribution in [3.8, 4) is 0 Å². The Hall–Kier alpha value is -2.69. The van der Waals surface area contributed by atoms with Crippen molar-refractivity contribution >= 4 is 11.8 Å². The fourth-order valence-electron chi connectivity index (χ4n) is 2.75. The van der Waals surface area contributed by atoms with Gasteiger partial charge in [0.1, 0.15) is 11.9 Å². The molecule has 2 aromatic rings. The smallest absolute Gasteiger partial charge is 0.254 e.